The number of pyridine rings is 2. The van der Waals surface area contributed by atoms with Gasteiger partial charge in [0.25, 0.3) is 0 Å². The lowest BCUT2D eigenvalue weighted by Crippen LogP contribution is -2.12. The summed E-state index contributed by atoms with van der Waals surface area (Å²) in [6.07, 6.45) is 5.75. The van der Waals surface area contributed by atoms with E-state index in [1.807, 2.05) is 42.5 Å². The van der Waals surface area contributed by atoms with E-state index in [4.69, 9.17) is 15.0 Å². The number of benzene rings is 3. The van der Waals surface area contributed by atoms with Crippen LogP contribution in [0.5, 0.6) is 0 Å². The second-order valence-electron chi connectivity index (χ2n) is 9.78. The molecule has 39 heavy (non-hydrogen) atoms. The van der Waals surface area contributed by atoms with Crippen LogP contribution in [-0.2, 0) is 0 Å². The van der Waals surface area contributed by atoms with Gasteiger partial charge in [0.1, 0.15) is 0 Å². The minimum Gasteiger partial charge on any atom is -0.309 e. The van der Waals surface area contributed by atoms with Crippen molar-refractivity contribution < 1.29 is 0 Å². The number of fused-ring (bicyclic) bond motifs is 4. The van der Waals surface area contributed by atoms with Crippen LogP contribution in [0.4, 0.5) is 17.1 Å². The first kappa shape index (κ1) is 23.6. The highest BCUT2D eigenvalue weighted by atomic mass is 32.2. The molecule has 3 aromatic carbocycles. The maximum atomic E-state index is 4.92. The standard InChI is InChI=1S/C34H26N4S/c1-22-9-7-15-35-31(22)24-19-25(32-23(2)10-8-16-36-32)21-26(20-24)38-29-13-5-3-11-27(29)33-34(39-18-17-37-33)28-12-4-6-14-30(28)38/h3-17,19-21H,18H2,1-2H3. The van der Waals surface area contributed by atoms with E-state index in [2.05, 4.69) is 97.6 Å². The number of rotatable bonds is 3. The fourth-order valence-corrected chi connectivity index (χ4v) is 6.44. The molecule has 0 bridgehead atoms. The van der Waals surface area contributed by atoms with Crippen LogP contribution in [0.15, 0.2) is 108 Å². The molecule has 4 nitrogen and oxygen atoms in total. The second-order valence-corrected chi connectivity index (χ2v) is 10.8. The summed E-state index contributed by atoms with van der Waals surface area (Å²) in [5.41, 5.74) is 13.0. The monoisotopic (exact) mass is 522 g/mol. The molecule has 2 aliphatic heterocycles. The van der Waals surface area contributed by atoms with Gasteiger partial charge in [-0.3, -0.25) is 15.0 Å². The molecule has 2 aliphatic rings. The summed E-state index contributed by atoms with van der Waals surface area (Å²) in [7, 11) is 0. The Kier molecular flexibility index (Phi) is 5.86. The second kappa shape index (κ2) is 9.68. The smallest absolute Gasteiger partial charge is 0.0862 e. The van der Waals surface area contributed by atoms with Gasteiger partial charge in [0.15, 0.2) is 0 Å². The molecule has 0 fully saturated rings. The van der Waals surface area contributed by atoms with Crippen molar-refractivity contribution >= 4 is 45.6 Å². The van der Waals surface area contributed by atoms with Gasteiger partial charge in [-0.15, -0.1) is 11.8 Å². The van der Waals surface area contributed by atoms with Gasteiger partial charge in [0, 0.05) is 57.2 Å². The fraction of sp³-hybridized carbons (Fsp3) is 0.0882. The summed E-state index contributed by atoms with van der Waals surface area (Å²) in [5.74, 6) is 0.868. The topological polar surface area (TPSA) is 41.4 Å². The van der Waals surface area contributed by atoms with Crippen LogP contribution in [0.3, 0.4) is 0 Å². The van der Waals surface area contributed by atoms with Crippen LogP contribution >= 0.6 is 11.8 Å². The van der Waals surface area contributed by atoms with Crippen molar-refractivity contribution in [3.63, 3.8) is 0 Å². The van der Waals surface area contributed by atoms with Crippen LogP contribution in [0.25, 0.3) is 33.1 Å². The van der Waals surface area contributed by atoms with Gasteiger partial charge in [-0.25, -0.2) is 0 Å². The third kappa shape index (κ3) is 4.06. The molecule has 0 atom stereocenters. The van der Waals surface area contributed by atoms with E-state index in [1.54, 1.807) is 0 Å². The lowest BCUT2D eigenvalue weighted by molar-refractivity contribution is 1.24. The van der Waals surface area contributed by atoms with Gasteiger partial charge in [-0.1, -0.05) is 48.5 Å². The van der Waals surface area contributed by atoms with Gasteiger partial charge >= 0.3 is 0 Å². The lowest BCUT2D eigenvalue weighted by atomic mass is 9.98. The summed E-state index contributed by atoms with van der Waals surface area (Å²) in [6.45, 7) is 4.23. The number of nitrogens with zero attached hydrogens (tertiary/aromatic N) is 4. The molecule has 0 N–H and O–H groups in total. The molecule has 0 amide bonds. The third-order valence-electron chi connectivity index (χ3n) is 7.27. The van der Waals surface area contributed by atoms with Crippen molar-refractivity contribution in [1.82, 2.24) is 9.97 Å². The molecule has 2 aromatic heterocycles. The molecule has 4 heterocycles. The molecule has 0 aliphatic carbocycles. The van der Waals surface area contributed by atoms with E-state index < -0.39 is 0 Å². The Hall–Kier alpha value is -4.48. The number of thioether (sulfide) groups is 1. The van der Waals surface area contributed by atoms with Crippen LogP contribution < -0.4 is 4.90 Å². The van der Waals surface area contributed by atoms with Gasteiger partial charge in [0.2, 0.25) is 0 Å². The summed E-state index contributed by atoms with van der Waals surface area (Å²) < 4.78 is 0. The molecular weight excluding hydrogens is 496 g/mol. The molecular formula is C34H26N4S. The minimum atomic E-state index is 0.868. The lowest BCUT2D eigenvalue weighted by Gasteiger charge is -2.28. The quantitative estimate of drug-likeness (QED) is 0.237. The molecule has 0 unspecified atom stereocenters. The first-order chi connectivity index (χ1) is 19.2. The Morgan fingerprint density at radius 3 is 1.90 bits per heavy atom. The van der Waals surface area contributed by atoms with Gasteiger partial charge in [-0.2, -0.15) is 0 Å². The highest BCUT2D eigenvalue weighted by Crippen LogP contribution is 2.52. The van der Waals surface area contributed by atoms with Gasteiger partial charge in [-0.05, 0) is 67.4 Å². The Morgan fingerprint density at radius 2 is 1.26 bits per heavy atom. The predicted octanol–water partition coefficient (Wildman–Crippen LogP) is 8.85. The number of hydrogen-bond donors (Lipinski definition) is 0. The zero-order valence-corrected chi connectivity index (χ0v) is 22.6. The maximum absolute atomic E-state index is 4.92. The summed E-state index contributed by atoms with van der Waals surface area (Å²) >= 11 is 1.85. The van der Waals surface area contributed by atoms with E-state index >= 15 is 0 Å². The van der Waals surface area contributed by atoms with E-state index in [1.165, 1.54) is 10.5 Å². The predicted molar refractivity (Wildman–Crippen MR) is 165 cm³/mol. The number of para-hydroxylation sites is 2. The summed E-state index contributed by atoms with van der Waals surface area (Å²) in [6, 6.07) is 32.2. The fourth-order valence-electron chi connectivity index (χ4n) is 5.50. The molecule has 5 heteroatoms. The molecule has 0 spiro atoms. The molecule has 0 radical (unpaired) electrons. The van der Waals surface area contributed by atoms with E-state index in [0.29, 0.717) is 0 Å². The van der Waals surface area contributed by atoms with Crippen molar-refractivity contribution in [2.24, 2.45) is 4.99 Å². The van der Waals surface area contributed by atoms with Crippen LogP contribution in [0.2, 0.25) is 0 Å². The van der Waals surface area contributed by atoms with E-state index in [9.17, 15) is 0 Å². The van der Waals surface area contributed by atoms with Crippen molar-refractivity contribution in [3.8, 4) is 22.5 Å². The number of aliphatic imine (C=N–C) groups is 1. The summed E-state index contributed by atoms with van der Waals surface area (Å²) in [5, 5.41) is 0. The van der Waals surface area contributed by atoms with Crippen molar-refractivity contribution in [3.05, 3.63) is 126 Å². The van der Waals surface area contributed by atoms with E-state index in [-0.39, 0.29) is 0 Å². The average molecular weight is 523 g/mol. The number of aryl methyl sites for hydroxylation is 2. The first-order valence-corrected chi connectivity index (χ1v) is 14.1. The Bertz CT molecular complexity index is 1740. The number of aromatic nitrogens is 2. The Morgan fingerprint density at radius 1 is 0.667 bits per heavy atom. The molecule has 0 saturated heterocycles. The van der Waals surface area contributed by atoms with Crippen LogP contribution in [-0.4, -0.2) is 21.9 Å². The Labute approximate surface area is 232 Å². The highest BCUT2D eigenvalue weighted by molar-refractivity contribution is 8.09. The molecule has 7 rings (SSSR count). The Balaban J connectivity index is 1.54. The number of hydrogen-bond acceptors (Lipinski definition) is 5. The van der Waals surface area contributed by atoms with Crippen molar-refractivity contribution in [2.75, 3.05) is 10.7 Å². The minimum absolute atomic E-state index is 0.868. The van der Waals surface area contributed by atoms with Crippen LogP contribution in [0.1, 0.15) is 22.3 Å². The van der Waals surface area contributed by atoms with Gasteiger partial charge < -0.3 is 4.90 Å². The zero-order valence-electron chi connectivity index (χ0n) is 21.8. The largest absolute Gasteiger partial charge is 0.309 e. The van der Waals surface area contributed by atoms with Crippen LogP contribution in [0, 0.1) is 13.8 Å². The highest BCUT2D eigenvalue weighted by Gasteiger charge is 2.29. The molecule has 5 aromatic rings. The van der Waals surface area contributed by atoms with E-state index in [0.717, 1.165) is 67.7 Å². The molecule has 0 saturated carbocycles. The third-order valence-corrected chi connectivity index (χ3v) is 8.29. The average Bonchev–Trinajstić information content (AvgIpc) is 3.10. The normalized spacial score (nSPS) is 13.9. The van der Waals surface area contributed by atoms with Gasteiger partial charge in [0.05, 0.1) is 28.5 Å². The summed E-state index contributed by atoms with van der Waals surface area (Å²) in [4.78, 5) is 18.1. The SMILES string of the molecule is Cc1cccnc1-c1cc(-c2ncccc2C)cc(N2c3ccccc3C3=C(SCC=N3)c3ccccc32)c1. The first-order valence-electron chi connectivity index (χ1n) is 13.1. The molecule has 188 valence electrons. The zero-order chi connectivity index (χ0) is 26.3. The van der Waals surface area contributed by atoms with Crippen molar-refractivity contribution in [1.29, 1.82) is 0 Å². The van der Waals surface area contributed by atoms with Crippen molar-refractivity contribution in [2.45, 2.75) is 13.8 Å². The number of anilines is 3. The maximum Gasteiger partial charge on any atom is 0.0862 e.